The molecule has 184 valence electrons. The van der Waals surface area contributed by atoms with Crippen LogP contribution in [0, 0.1) is 5.82 Å². The van der Waals surface area contributed by atoms with Crippen molar-refractivity contribution in [2.24, 2.45) is 0 Å². The molecule has 1 atom stereocenters. The first-order valence-corrected chi connectivity index (χ1v) is 13.4. The van der Waals surface area contributed by atoms with Crippen LogP contribution in [-0.4, -0.2) is 50.0 Å². The molecule has 3 rings (SSSR count). The highest BCUT2D eigenvalue weighted by atomic mass is 32.2. The fraction of sp³-hybridized carbons (Fsp3) is 0.440. The quantitative estimate of drug-likeness (QED) is 0.585. The van der Waals surface area contributed by atoms with E-state index in [1.54, 1.807) is 6.92 Å². The third-order valence-corrected chi connectivity index (χ3v) is 7.25. The lowest BCUT2D eigenvalue weighted by Gasteiger charge is -2.33. The summed E-state index contributed by atoms with van der Waals surface area (Å²) in [7, 11) is -3.84. The van der Waals surface area contributed by atoms with Crippen LogP contribution < -0.4 is 9.62 Å². The van der Waals surface area contributed by atoms with Crippen LogP contribution in [0.3, 0.4) is 0 Å². The molecule has 1 fully saturated rings. The number of nitrogens with one attached hydrogen (secondary N) is 1. The molecule has 0 aliphatic heterocycles. The Morgan fingerprint density at radius 1 is 1.03 bits per heavy atom. The second-order valence-electron chi connectivity index (χ2n) is 8.77. The third-order valence-electron chi connectivity index (χ3n) is 6.11. The molecule has 0 heterocycles. The van der Waals surface area contributed by atoms with Crippen molar-refractivity contribution in [2.45, 2.75) is 57.7 Å². The molecule has 2 aromatic carbocycles. The number of amides is 2. The maximum Gasteiger partial charge on any atom is 0.244 e. The number of carbonyl (C=O) groups excluding carboxylic acids is 2. The molecule has 2 amide bonds. The summed E-state index contributed by atoms with van der Waals surface area (Å²) in [6, 6.07) is 13.4. The number of benzene rings is 2. The zero-order chi connectivity index (χ0) is 24.7. The fourth-order valence-electron chi connectivity index (χ4n) is 4.15. The highest BCUT2D eigenvalue weighted by molar-refractivity contribution is 7.92. The van der Waals surface area contributed by atoms with Crippen molar-refractivity contribution in [1.29, 1.82) is 0 Å². The van der Waals surface area contributed by atoms with Crippen LogP contribution in [-0.2, 0) is 26.2 Å². The zero-order valence-corrected chi connectivity index (χ0v) is 20.4. The van der Waals surface area contributed by atoms with Crippen molar-refractivity contribution in [3.8, 4) is 0 Å². The topological polar surface area (TPSA) is 86.8 Å². The predicted octanol–water partition coefficient (Wildman–Crippen LogP) is 3.46. The van der Waals surface area contributed by atoms with Gasteiger partial charge in [0.1, 0.15) is 18.4 Å². The van der Waals surface area contributed by atoms with E-state index >= 15 is 0 Å². The van der Waals surface area contributed by atoms with E-state index in [4.69, 9.17) is 0 Å². The highest BCUT2D eigenvalue weighted by Crippen LogP contribution is 2.21. The average Bonchev–Trinajstić information content (AvgIpc) is 2.81. The van der Waals surface area contributed by atoms with Crippen LogP contribution >= 0.6 is 0 Å². The van der Waals surface area contributed by atoms with Gasteiger partial charge in [0.25, 0.3) is 0 Å². The Bertz CT molecular complexity index is 1070. The van der Waals surface area contributed by atoms with Crippen LogP contribution in [0.2, 0.25) is 0 Å². The number of nitrogens with zero attached hydrogens (tertiary/aromatic N) is 2. The van der Waals surface area contributed by atoms with E-state index in [1.807, 2.05) is 30.3 Å². The standard InChI is InChI=1S/C25H32FN3O4S/c1-19(25(31)27-22-11-7-4-8-12-22)28(17-20-9-5-3-6-10-20)24(30)18-29(34(2,32)33)23-15-13-21(26)14-16-23/h3,5-6,9-10,13-16,19,22H,4,7-8,11-12,17-18H2,1-2H3,(H,27,31)/t19-/m1/s1. The Morgan fingerprint density at radius 2 is 1.65 bits per heavy atom. The molecule has 1 aliphatic carbocycles. The molecule has 0 saturated heterocycles. The Morgan fingerprint density at radius 3 is 2.24 bits per heavy atom. The fourth-order valence-corrected chi connectivity index (χ4v) is 5.00. The third kappa shape index (κ3) is 7.03. The van der Waals surface area contributed by atoms with E-state index in [0.29, 0.717) is 0 Å². The van der Waals surface area contributed by atoms with Gasteiger partial charge in [0, 0.05) is 12.6 Å². The summed E-state index contributed by atoms with van der Waals surface area (Å²) in [6.07, 6.45) is 6.10. The van der Waals surface area contributed by atoms with Crippen LogP contribution in [0.25, 0.3) is 0 Å². The first kappa shape index (κ1) is 25.7. The number of hydrogen-bond donors (Lipinski definition) is 1. The summed E-state index contributed by atoms with van der Waals surface area (Å²) in [5.41, 5.74) is 0.997. The summed E-state index contributed by atoms with van der Waals surface area (Å²) in [4.78, 5) is 27.9. The Balaban J connectivity index is 1.83. The summed E-state index contributed by atoms with van der Waals surface area (Å²) in [5.74, 6) is -1.30. The molecule has 0 unspecified atom stereocenters. The largest absolute Gasteiger partial charge is 0.352 e. The van der Waals surface area contributed by atoms with Crippen molar-refractivity contribution in [1.82, 2.24) is 10.2 Å². The molecule has 0 aromatic heterocycles. The minimum atomic E-state index is -3.84. The van der Waals surface area contributed by atoms with Gasteiger partial charge in [-0.05, 0) is 49.6 Å². The van der Waals surface area contributed by atoms with Gasteiger partial charge in [-0.1, -0.05) is 49.6 Å². The number of halogens is 1. The molecule has 1 N–H and O–H groups in total. The van der Waals surface area contributed by atoms with Crippen LogP contribution in [0.4, 0.5) is 10.1 Å². The van der Waals surface area contributed by atoms with Crippen LogP contribution in [0.15, 0.2) is 54.6 Å². The smallest absolute Gasteiger partial charge is 0.244 e. The van der Waals surface area contributed by atoms with Gasteiger partial charge in [-0.2, -0.15) is 0 Å². The van der Waals surface area contributed by atoms with Gasteiger partial charge in [0.15, 0.2) is 0 Å². The lowest BCUT2D eigenvalue weighted by atomic mass is 9.95. The van der Waals surface area contributed by atoms with E-state index in [9.17, 15) is 22.4 Å². The maximum absolute atomic E-state index is 13.4. The van der Waals surface area contributed by atoms with Crippen LogP contribution in [0.5, 0.6) is 0 Å². The van der Waals surface area contributed by atoms with Crippen molar-refractivity contribution in [3.63, 3.8) is 0 Å². The number of carbonyl (C=O) groups is 2. The Kier molecular flexibility index (Phi) is 8.66. The van der Waals surface area contributed by atoms with E-state index < -0.39 is 34.3 Å². The van der Waals surface area contributed by atoms with Crippen molar-refractivity contribution < 1.29 is 22.4 Å². The summed E-state index contributed by atoms with van der Waals surface area (Å²) >= 11 is 0. The first-order chi connectivity index (χ1) is 16.1. The average molecular weight is 490 g/mol. The SMILES string of the molecule is C[C@H](C(=O)NC1CCCCC1)N(Cc1ccccc1)C(=O)CN(c1ccc(F)cc1)S(C)(=O)=O. The Hall–Kier alpha value is -2.94. The molecule has 2 aromatic rings. The maximum atomic E-state index is 13.4. The van der Waals surface area contributed by atoms with Gasteiger partial charge in [0.2, 0.25) is 21.8 Å². The number of sulfonamides is 1. The molecular formula is C25H32FN3O4S. The van der Waals surface area contributed by atoms with Crippen molar-refractivity contribution in [2.75, 3.05) is 17.1 Å². The number of anilines is 1. The molecule has 0 bridgehead atoms. The molecule has 0 spiro atoms. The monoisotopic (exact) mass is 489 g/mol. The van der Waals surface area contributed by atoms with E-state index in [2.05, 4.69) is 5.32 Å². The van der Waals surface area contributed by atoms with E-state index in [-0.39, 0.29) is 24.2 Å². The molecule has 9 heteroatoms. The van der Waals surface area contributed by atoms with E-state index in [0.717, 1.165) is 60.4 Å². The van der Waals surface area contributed by atoms with Gasteiger partial charge < -0.3 is 10.2 Å². The minimum absolute atomic E-state index is 0.0871. The molecule has 1 aliphatic rings. The molecular weight excluding hydrogens is 457 g/mol. The number of rotatable bonds is 9. The highest BCUT2D eigenvalue weighted by Gasteiger charge is 2.31. The lowest BCUT2D eigenvalue weighted by Crippen LogP contribution is -2.52. The molecule has 34 heavy (non-hydrogen) atoms. The second-order valence-corrected chi connectivity index (χ2v) is 10.7. The summed E-state index contributed by atoms with van der Waals surface area (Å²) < 4.78 is 39.3. The molecule has 1 saturated carbocycles. The van der Waals surface area contributed by atoms with Crippen molar-refractivity contribution in [3.05, 3.63) is 66.0 Å². The van der Waals surface area contributed by atoms with Crippen molar-refractivity contribution >= 4 is 27.5 Å². The van der Waals surface area contributed by atoms with Gasteiger partial charge in [-0.25, -0.2) is 12.8 Å². The first-order valence-electron chi connectivity index (χ1n) is 11.5. The summed E-state index contributed by atoms with van der Waals surface area (Å²) in [5, 5.41) is 3.05. The molecule has 0 radical (unpaired) electrons. The van der Waals surface area contributed by atoms with Gasteiger partial charge in [-0.15, -0.1) is 0 Å². The predicted molar refractivity (Wildman–Crippen MR) is 130 cm³/mol. The van der Waals surface area contributed by atoms with Gasteiger partial charge >= 0.3 is 0 Å². The van der Waals surface area contributed by atoms with Crippen LogP contribution in [0.1, 0.15) is 44.6 Å². The second kappa shape index (κ2) is 11.5. The Labute approximate surface area is 201 Å². The van der Waals surface area contributed by atoms with E-state index in [1.165, 1.54) is 17.0 Å². The minimum Gasteiger partial charge on any atom is -0.352 e. The van der Waals surface area contributed by atoms with Gasteiger partial charge in [-0.3, -0.25) is 13.9 Å². The summed E-state index contributed by atoms with van der Waals surface area (Å²) in [6.45, 7) is 1.31. The zero-order valence-electron chi connectivity index (χ0n) is 19.6. The molecule has 7 nitrogen and oxygen atoms in total. The lowest BCUT2D eigenvalue weighted by molar-refractivity contribution is -0.139. The number of hydrogen-bond acceptors (Lipinski definition) is 4. The van der Waals surface area contributed by atoms with Gasteiger partial charge in [0.05, 0.1) is 11.9 Å². The normalized spacial score (nSPS) is 15.4.